The second-order valence-corrected chi connectivity index (χ2v) is 4.73. The van der Waals surface area contributed by atoms with Gasteiger partial charge in [0.15, 0.2) is 17.3 Å². The molecule has 0 spiro atoms. The molecule has 2 aliphatic heterocycles. The SMILES string of the molecule is O=C(CCCC(=O)N1CC1)c1ccc2c(c1)OCO2. The van der Waals surface area contributed by atoms with Gasteiger partial charge in [-0.3, -0.25) is 9.59 Å². The average Bonchev–Trinajstić information content (AvgIpc) is 3.16. The molecule has 1 saturated heterocycles. The van der Waals surface area contributed by atoms with Crippen LogP contribution in [0.4, 0.5) is 0 Å². The van der Waals surface area contributed by atoms with Gasteiger partial charge >= 0.3 is 0 Å². The topological polar surface area (TPSA) is 55.6 Å². The van der Waals surface area contributed by atoms with Crippen LogP contribution < -0.4 is 9.47 Å². The zero-order valence-corrected chi connectivity index (χ0v) is 10.6. The summed E-state index contributed by atoms with van der Waals surface area (Å²) in [5.74, 6) is 1.48. The Morgan fingerprint density at radius 3 is 2.68 bits per heavy atom. The van der Waals surface area contributed by atoms with Crippen molar-refractivity contribution in [1.82, 2.24) is 4.90 Å². The number of rotatable bonds is 5. The number of hydrogen-bond acceptors (Lipinski definition) is 4. The Balaban J connectivity index is 1.53. The molecule has 1 aromatic rings. The number of fused-ring (bicyclic) bond motifs is 1. The number of carbonyl (C=O) groups excluding carboxylic acids is 2. The fourth-order valence-corrected chi connectivity index (χ4v) is 2.07. The minimum absolute atomic E-state index is 0.0388. The van der Waals surface area contributed by atoms with E-state index in [1.165, 1.54) is 0 Å². The lowest BCUT2D eigenvalue weighted by Crippen LogP contribution is -2.10. The Hall–Kier alpha value is -2.04. The Bertz CT molecular complexity index is 522. The van der Waals surface area contributed by atoms with Gasteiger partial charge in [-0.1, -0.05) is 0 Å². The number of ketones is 1. The van der Waals surface area contributed by atoms with Crippen LogP contribution in [0, 0.1) is 0 Å². The summed E-state index contributed by atoms with van der Waals surface area (Å²) in [6.07, 6.45) is 1.44. The van der Waals surface area contributed by atoms with Gasteiger partial charge in [0.05, 0.1) is 0 Å². The predicted octanol–water partition coefficient (Wildman–Crippen LogP) is 1.61. The maximum Gasteiger partial charge on any atom is 0.231 e. The first kappa shape index (κ1) is 12.0. The van der Waals surface area contributed by atoms with Crippen LogP contribution in [0.1, 0.15) is 29.6 Å². The Labute approximate surface area is 111 Å². The van der Waals surface area contributed by atoms with E-state index in [1.54, 1.807) is 23.1 Å². The van der Waals surface area contributed by atoms with Crippen LogP contribution in [-0.4, -0.2) is 36.5 Å². The van der Waals surface area contributed by atoms with E-state index in [2.05, 4.69) is 0 Å². The monoisotopic (exact) mass is 261 g/mol. The lowest BCUT2D eigenvalue weighted by Gasteiger charge is -2.03. The van der Waals surface area contributed by atoms with Gasteiger partial charge in [-0.2, -0.15) is 0 Å². The minimum Gasteiger partial charge on any atom is -0.454 e. The fourth-order valence-electron chi connectivity index (χ4n) is 2.07. The zero-order valence-electron chi connectivity index (χ0n) is 10.6. The van der Waals surface area contributed by atoms with E-state index in [-0.39, 0.29) is 18.5 Å². The van der Waals surface area contributed by atoms with Gasteiger partial charge in [-0.15, -0.1) is 0 Å². The third-order valence-electron chi connectivity index (χ3n) is 3.29. The molecule has 100 valence electrons. The highest BCUT2D eigenvalue weighted by Gasteiger charge is 2.23. The van der Waals surface area contributed by atoms with E-state index in [0.29, 0.717) is 36.3 Å². The molecular weight excluding hydrogens is 246 g/mol. The van der Waals surface area contributed by atoms with Gasteiger partial charge in [0, 0.05) is 31.5 Å². The summed E-state index contributed by atoms with van der Waals surface area (Å²) in [5, 5.41) is 0. The van der Waals surface area contributed by atoms with Crippen molar-refractivity contribution >= 4 is 11.7 Å². The standard InChI is InChI=1S/C14H15NO4/c16-11(2-1-3-14(17)15-6-7-15)10-4-5-12-13(8-10)19-9-18-12/h4-5,8H,1-3,6-7,9H2. The lowest BCUT2D eigenvalue weighted by atomic mass is 10.0. The van der Waals surface area contributed by atoms with Gasteiger partial charge in [-0.25, -0.2) is 0 Å². The molecule has 0 N–H and O–H groups in total. The highest BCUT2D eigenvalue weighted by atomic mass is 16.7. The summed E-state index contributed by atoms with van der Waals surface area (Å²) in [6.45, 7) is 1.95. The largest absolute Gasteiger partial charge is 0.454 e. The van der Waals surface area contributed by atoms with Crippen molar-refractivity contribution in [2.45, 2.75) is 19.3 Å². The fraction of sp³-hybridized carbons (Fsp3) is 0.429. The molecule has 3 rings (SSSR count). The first-order valence-corrected chi connectivity index (χ1v) is 6.45. The molecule has 0 bridgehead atoms. The Morgan fingerprint density at radius 1 is 1.11 bits per heavy atom. The van der Waals surface area contributed by atoms with Gasteiger partial charge in [-0.05, 0) is 24.6 Å². The summed E-state index contributed by atoms with van der Waals surface area (Å²) in [4.78, 5) is 25.2. The molecule has 0 radical (unpaired) electrons. The number of Topliss-reactive ketones (excluding diaryl/α,β-unsaturated/α-hetero) is 1. The van der Waals surface area contributed by atoms with Crippen LogP contribution in [0.15, 0.2) is 18.2 Å². The third-order valence-corrected chi connectivity index (χ3v) is 3.29. The average molecular weight is 261 g/mol. The summed E-state index contributed by atoms with van der Waals surface area (Å²) in [6, 6.07) is 5.19. The molecule has 1 amide bonds. The first-order chi connectivity index (χ1) is 9.24. The minimum atomic E-state index is 0.0388. The molecule has 1 fully saturated rings. The third kappa shape index (κ3) is 2.70. The highest BCUT2D eigenvalue weighted by Crippen LogP contribution is 2.32. The normalized spacial score (nSPS) is 15.5. The number of benzene rings is 1. The smallest absolute Gasteiger partial charge is 0.231 e. The lowest BCUT2D eigenvalue weighted by molar-refractivity contribution is -0.125. The highest BCUT2D eigenvalue weighted by molar-refractivity contribution is 5.97. The predicted molar refractivity (Wildman–Crippen MR) is 67.3 cm³/mol. The molecular formula is C14H15NO4. The number of hydrogen-bond donors (Lipinski definition) is 0. The van der Waals surface area contributed by atoms with Gasteiger partial charge in [0.25, 0.3) is 0 Å². The van der Waals surface area contributed by atoms with E-state index in [1.807, 2.05) is 0 Å². The van der Waals surface area contributed by atoms with Crippen LogP contribution in [0.3, 0.4) is 0 Å². The van der Waals surface area contributed by atoms with E-state index in [0.717, 1.165) is 13.1 Å². The van der Waals surface area contributed by atoms with Crippen LogP contribution in [0.25, 0.3) is 0 Å². The van der Waals surface area contributed by atoms with E-state index in [4.69, 9.17) is 9.47 Å². The number of carbonyl (C=O) groups is 2. The summed E-state index contributed by atoms with van der Waals surface area (Å²) in [7, 11) is 0. The second kappa shape index (κ2) is 4.91. The van der Waals surface area contributed by atoms with Crippen molar-refractivity contribution in [2.75, 3.05) is 19.9 Å². The first-order valence-electron chi connectivity index (χ1n) is 6.45. The van der Waals surface area contributed by atoms with E-state index < -0.39 is 0 Å². The Kier molecular flexibility index (Phi) is 3.11. The van der Waals surface area contributed by atoms with Crippen molar-refractivity contribution in [3.63, 3.8) is 0 Å². The zero-order chi connectivity index (χ0) is 13.2. The summed E-state index contributed by atoms with van der Waals surface area (Å²) < 4.78 is 10.4. The van der Waals surface area contributed by atoms with Crippen LogP contribution in [0.5, 0.6) is 11.5 Å². The Morgan fingerprint density at radius 2 is 1.89 bits per heavy atom. The molecule has 2 aliphatic rings. The van der Waals surface area contributed by atoms with Crippen molar-refractivity contribution in [3.05, 3.63) is 23.8 Å². The van der Waals surface area contributed by atoms with Crippen LogP contribution in [-0.2, 0) is 4.79 Å². The van der Waals surface area contributed by atoms with Crippen molar-refractivity contribution < 1.29 is 19.1 Å². The van der Waals surface area contributed by atoms with Gasteiger partial charge in [0.1, 0.15) is 0 Å². The van der Waals surface area contributed by atoms with Crippen LogP contribution >= 0.6 is 0 Å². The van der Waals surface area contributed by atoms with Gasteiger partial charge < -0.3 is 14.4 Å². The second-order valence-electron chi connectivity index (χ2n) is 4.73. The van der Waals surface area contributed by atoms with Crippen molar-refractivity contribution in [3.8, 4) is 11.5 Å². The summed E-state index contributed by atoms with van der Waals surface area (Å²) in [5.41, 5.74) is 0.614. The van der Waals surface area contributed by atoms with Crippen LogP contribution in [0.2, 0.25) is 0 Å². The van der Waals surface area contributed by atoms with E-state index >= 15 is 0 Å². The molecule has 0 atom stereocenters. The number of nitrogens with zero attached hydrogens (tertiary/aromatic N) is 1. The van der Waals surface area contributed by atoms with Crippen molar-refractivity contribution in [1.29, 1.82) is 0 Å². The molecule has 0 aromatic heterocycles. The molecule has 0 aliphatic carbocycles. The maximum absolute atomic E-state index is 12.0. The van der Waals surface area contributed by atoms with Gasteiger partial charge in [0.2, 0.25) is 12.7 Å². The molecule has 1 aromatic carbocycles. The molecule has 0 saturated carbocycles. The molecule has 0 unspecified atom stereocenters. The number of amides is 1. The quantitative estimate of drug-likeness (QED) is 0.597. The molecule has 2 heterocycles. The maximum atomic E-state index is 12.0. The molecule has 19 heavy (non-hydrogen) atoms. The van der Waals surface area contributed by atoms with Crippen molar-refractivity contribution in [2.24, 2.45) is 0 Å². The molecule has 5 nitrogen and oxygen atoms in total. The number of ether oxygens (including phenoxy) is 2. The van der Waals surface area contributed by atoms with E-state index in [9.17, 15) is 9.59 Å². The molecule has 5 heteroatoms. The summed E-state index contributed by atoms with van der Waals surface area (Å²) >= 11 is 0.